The zero-order valence-corrected chi connectivity index (χ0v) is 13.5. The molecule has 1 aromatic carbocycles. The first-order valence-corrected chi connectivity index (χ1v) is 8.19. The number of hydrogen-bond acceptors (Lipinski definition) is 4. The number of carbonyl (C=O) groups excluding carboxylic acids is 1. The van der Waals surface area contributed by atoms with E-state index in [2.05, 4.69) is 15.8 Å². The minimum Gasteiger partial charge on any atom is -0.497 e. The van der Waals surface area contributed by atoms with Crippen LogP contribution in [0.2, 0.25) is 0 Å². The van der Waals surface area contributed by atoms with E-state index in [9.17, 15) is 4.79 Å². The van der Waals surface area contributed by atoms with E-state index in [1.165, 1.54) is 0 Å². The molecule has 2 aromatic heterocycles. The van der Waals surface area contributed by atoms with Gasteiger partial charge in [0.1, 0.15) is 5.75 Å². The quantitative estimate of drug-likeness (QED) is 0.757. The maximum Gasteiger partial charge on any atom is 0.251 e. The average molecular weight is 327 g/mol. The van der Waals surface area contributed by atoms with Crippen LogP contribution in [0, 0.1) is 0 Å². The van der Waals surface area contributed by atoms with Crippen LogP contribution in [-0.2, 0) is 6.54 Å². The SMILES string of the molecule is COc1ccc(C(=O)NCCn2ccc(-c3ccsc3)n2)cc1. The predicted molar refractivity (Wildman–Crippen MR) is 90.9 cm³/mol. The van der Waals surface area contributed by atoms with Gasteiger partial charge in [-0.2, -0.15) is 16.4 Å². The third-order valence-corrected chi connectivity index (χ3v) is 4.12. The number of carbonyl (C=O) groups is 1. The summed E-state index contributed by atoms with van der Waals surface area (Å²) in [6, 6.07) is 11.1. The monoisotopic (exact) mass is 327 g/mol. The number of methoxy groups -OCH3 is 1. The van der Waals surface area contributed by atoms with Gasteiger partial charge in [-0.15, -0.1) is 0 Å². The van der Waals surface area contributed by atoms with Crippen LogP contribution in [0.3, 0.4) is 0 Å². The Morgan fingerprint density at radius 1 is 1.26 bits per heavy atom. The Kier molecular flexibility index (Phi) is 4.73. The van der Waals surface area contributed by atoms with Gasteiger partial charge in [-0.1, -0.05) is 0 Å². The van der Waals surface area contributed by atoms with Crippen LogP contribution >= 0.6 is 11.3 Å². The minimum atomic E-state index is -0.0992. The van der Waals surface area contributed by atoms with E-state index in [0.29, 0.717) is 18.7 Å². The van der Waals surface area contributed by atoms with Gasteiger partial charge >= 0.3 is 0 Å². The molecule has 5 nitrogen and oxygen atoms in total. The van der Waals surface area contributed by atoms with Gasteiger partial charge in [0.05, 0.1) is 19.3 Å². The van der Waals surface area contributed by atoms with Gasteiger partial charge in [-0.05, 0) is 41.8 Å². The number of thiophene rings is 1. The van der Waals surface area contributed by atoms with Crippen molar-refractivity contribution in [2.45, 2.75) is 6.54 Å². The molecule has 0 saturated carbocycles. The Morgan fingerprint density at radius 3 is 2.78 bits per heavy atom. The second-order valence-electron chi connectivity index (χ2n) is 4.96. The highest BCUT2D eigenvalue weighted by atomic mass is 32.1. The van der Waals surface area contributed by atoms with E-state index in [-0.39, 0.29) is 5.91 Å². The normalized spacial score (nSPS) is 10.5. The first-order valence-electron chi connectivity index (χ1n) is 7.24. The maximum atomic E-state index is 12.0. The highest BCUT2D eigenvalue weighted by molar-refractivity contribution is 7.08. The lowest BCUT2D eigenvalue weighted by Crippen LogP contribution is -2.27. The largest absolute Gasteiger partial charge is 0.497 e. The summed E-state index contributed by atoms with van der Waals surface area (Å²) in [5, 5.41) is 11.5. The van der Waals surface area contributed by atoms with Gasteiger partial charge in [0, 0.05) is 29.2 Å². The molecule has 1 N–H and O–H groups in total. The van der Waals surface area contributed by atoms with Crippen molar-refractivity contribution in [1.82, 2.24) is 15.1 Å². The van der Waals surface area contributed by atoms with Crippen molar-refractivity contribution < 1.29 is 9.53 Å². The number of amides is 1. The van der Waals surface area contributed by atoms with Gasteiger partial charge in [0.25, 0.3) is 5.91 Å². The molecular formula is C17H17N3O2S. The molecule has 0 aliphatic carbocycles. The summed E-state index contributed by atoms with van der Waals surface area (Å²) >= 11 is 1.65. The van der Waals surface area contributed by atoms with Crippen molar-refractivity contribution in [3.05, 3.63) is 58.9 Å². The van der Waals surface area contributed by atoms with Gasteiger partial charge in [0.15, 0.2) is 0 Å². The highest BCUT2D eigenvalue weighted by Crippen LogP contribution is 2.19. The fourth-order valence-corrected chi connectivity index (χ4v) is 2.83. The lowest BCUT2D eigenvalue weighted by molar-refractivity contribution is 0.0952. The standard InChI is InChI=1S/C17H17N3O2S/c1-22-15-4-2-13(3-5-15)17(21)18-8-10-20-9-6-16(19-20)14-7-11-23-12-14/h2-7,9,11-12H,8,10H2,1H3,(H,18,21). The molecule has 23 heavy (non-hydrogen) atoms. The molecule has 0 radical (unpaired) electrons. The second-order valence-corrected chi connectivity index (χ2v) is 5.74. The summed E-state index contributed by atoms with van der Waals surface area (Å²) in [6.45, 7) is 1.15. The molecule has 0 saturated heterocycles. The molecule has 6 heteroatoms. The Hall–Kier alpha value is -2.60. The number of rotatable bonds is 6. The van der Waals surface area contributed by atoms with E-state index in [1.807, 2.05) is 28.4 Å². The van der Waals surface area contributed by atoms with E-state index in [1.54, 1.807) is 42.7 Å². The molecule has 3 rings (SSSR count). The molecule has 0 aliphatic rings. The molecule has 1 amide bonds. The highest BCUT2D eigenvalue weighted by Gasteiger charge is 2.06. The first-order chi connectivity index (χ1) is 11.3. The van der Waals surface area contributed by atoms with E-state index in [0.717, 1.165) is 17.0 Å². The van der Waals surface area contributed by atoms with Crippen LogP contribution in [0.1, 0.15) is 10.4 Å². The molecule has 0 bridgehead atoms. The molecule has 3 aromatic rings. The Labute approximate surface area is 138 Å². The van der Waals surface area contributed by atoms with Crippen molar-refractivity contribution in [1.29, 1.82) is 0 Å². The Morgan fingerprint density at radius 2 is 2.09 bits per heavy atom. The first kappa shape index (κ1) is 15.3. The summed E-state index contributed by atoms with van der Waals surface area (Å²) in [5.74, 6) is 0.636. The molecule has 0 unspecified atom stereocenters. The summed E-state index contributed by atoms with van der Waals surface area (Å²) in [7, 11) is 1.60. The van der Waals surface area contributed by atoms with Crippen LogP contribution in [0.4, 0.5) is 0 Å². The average Bonchev–Trinajstić information content (AvgIpc) is 3.26. The van der Waals surface area contributed by atoms with Gasteiger partial charge < -0.3 is 10.1 Å². The van der Waals surface area contributed by atoms with Crippen LogP contribution < -0.4 is 10.1 Å². The number of nitrogens with zero attached hydrogens (tertiary/aromatic N) is 2. The smallest absolute Gasteiger partial charge is 0.251 e. The molecule has 0 spiro atoms. The van der Waals surface area contributed by atoms with Crippen molar-refractivity contribution in [3.63, 3.8) is 0 Å². The number of benzene rings is 1. The van der Waals surface area contributed by atoms with E-state index in [4.69, 9.17) is 4.74 Å². The Bertz CT molecular complexity index is 764. The van der Waals surface area contributed by atoms with Crippen molar-refractivity contribution in [2.75, 3.05) is 13.7 Å². The Balaban J connectivity index is 1.51. The molecule has 0 aliphatic heterocycles. The second kappa shape index (κ2) is 7.11. The minimum absolute atomic E-state index is 0.0992. The fraction of sp³-hybridized carbons (Fsp3) is 0.176. The lowest BCUT2D eigenvalue weighted by Gasteiger charge is -2.06. The number of nitrogens with one attached hydrogen (secondary N) is 1. The number of hydrogen-bond donors (Lipinski definition) is 1. The lowest BCUT2D eigenvalue weighted by atomic mass is 10.2. The molecular weight excluding hydrogens is 310 g/mol. The zero-order chi connectivity index (χ0) is 16.1. The predicted octanol–water partition coefficient (Wildman–Crippen LogP) is 3.05. The number of aromatic nitrogens is 2. The topological polar surface area (TPSA) is 56.1 Å². The van der Waals surface area contributed by atoms with Crippen LogP contribution in [0.15, 0.2) is 53.4 Å². The van der Waals surface area contributed by atoms with Gasteiger partial charge in [-0.3, -0.25) is 9.48 Å². The molecule has 0 atom stereocenters. The van der Waals surface area contributed by atoms with Crippen molar-refractivity contribution in [3.8, 4) is 17.0 Å². The third-order valence-electron chi connectivity index (χ3n) is 3.44. The van der Waals surface area contributed by atoms with Crippen molar-refractivity contribution >= 4 is 17.2 Å². The zero-order valence-electron chi connectivity index (χ0n) is 12.7. The third kappa shape index (κ3) is 3.78. The van der Waals surface area contributed by atoms with Crippen LogP contribution in [0.5, 0.6) is 5.75 Å². The van der Waals surface area contributed by atoms with E-state index < -0.39 is 0 Å². The number of ether oxygens (including phenoxy) is 1. The molecule has 118 valence electrons. The van der Waals surface area contributed by atoms with Crippen LogP contribution in [0.25, 0.3) is 11.3 Å². The van der Waals surface area contributed by atoms with E-state index >= 15 is 0 Å². The van der Waals surface area contributed by atoms with Crippen molar-refractivity contribution in [2.24, 2.45) is 0 Å². The summed E-state index contributed by atoms with van der Waals surface area (Å²) in [4.78, 5) is 12.0. The van der Waals surface area contributed by atoms with Crippen LogP contribution in [-0.4, -0.2) is 29.3 Å². The molecule has 2 heterocycles. The summed E-state index contributed by atoms with van der Waals surface area (Å²) < 4.78 is 6.91. The van der Waals surface area contributed by atoms with Gasteiger partial charge in [-0.25, -0.2) is 0 Å². The van der Waals surface area contributed by atoms with Gasteiger partial charge in [0.2, 0.25) is 0 Å². The summed E-state index contributed by atoms with van der Waals surface area (Å²) in [6.07, 6.45) is 1.92. The summed E-state index contributed by atoms with van der Waals surface area (Å²) in [5.41, 5.74) is 2.69. The molecule has 0 fully saturated rings. The fourth-order valence-electron chi connectivity index (χ4n) is 2.18. The maximum absolute atomic E-state index is 12.0.